The highest BCUT2D eigenvalue weighted by atomic mass is 35.5. The average molecular weight is 223 g/mol. The molecule has 80 valence electrons. The number of hydrogen-bond donors (Lipinski definition) is 4. The quantitative estimate of drug-likeness (QED) is 0.546. The van der Waals surface area contributed by atoms with Gasteiger partial charge in [0.15, 0.2) is 0 Å². The van der Waals surface area contributed by atoms with Gasteiger partial charge in [-0.3, -0.25) is 0 Å². The van der Waals surface area contributed by atoms with Crippen molar-refractivity contribution in [2.75, 3.05) is 13.1 Å². The van der Waals surface area contributed by atoms with E-state index in [1.807, 2.05) is 24.8 Å². The Morgan fingerprint density at radius 2 is 1.08 bits per heavy atom. The van der Waals surface area contributed by atoms with Crippen LogP contribution in [0.25, 0.3) is 0 Å². The highest BCUT2D eigenvalue weighted by molar-refractivity contribution is 5.85. The van der Waals surface area contributed by atoms with Gasteiger partial charge in [-0.05, 0) is 12.8 Å². The molecule has 0 atom stereocenters. The van der Waals surface area contributed by atoms with Gasteiger partial charge in [0.2, 0.25) is 0 Å². The molecular formula is C6H20Cl2N2O2. The summed E-state index contributed by atoms with van der Waals surface area (Å²) in [5.41, 5.74) is 4.03. The highest BCUT2D eigenvalue weighted by Gasteiger charge is 1.66. The normalized spacial score (nSPS) is 7.00. The molecule has 0 aliphatic carbocycles. The molecule has 4 N–H and O–H groups in total. The third-order valence-electron chi connectivity index (χ3n) is 0.724. The number of hydroxylamine groups is 2. The van der Waals surface area contributed by atoms with Crippen LogP contribution in [0.15, 0.2) is 0 Å². The molecule has 0 bridgehead atoms. The summed E-state index contributed by atoms with van der Waals surface area (Å²) in [4.78, 5) is 0. The first-order chi connectivity index (χ1) is 4.83. The van der Waals surface area contributed by atoms with Crippen molar-refractivity contribution in [2.24, 2.45) is 0 Å². The Morgan fingerprint density at radius 1 is 0.833 bits per heavy atom. The molecule has 0 aliphatic heterocycles. The van der Waals surface area contributed by atoms with Gasteiger partial charge in [0.05, 0.1) is 0 Å². The van der Waals surface area contributed by atoms with Gasteiger partial charge in [0.1, 0.15) is 0 Å². The lowest BCUT2D eigenvalue weighted by Gasteiger charge is -1.83. The smallest absolute Gasteiger partial charge is 0.0204 e. The molecular weight excluding hydrogens is 203 g/mol. The maximum atomic E-state index is 7.82. The van der Waals surface area contributed by atoms with E-state index in [2.05, 4.69) is 0 Å². The molecule has 0 saturated carbocycles. The molecule has 0 saturated heterocycles. The lowest BCUT2D eigenvalue weighted by molar-refractivity contribution is 0.167. The van der Waals surface area contributed by atoms with Crippen LogP contribution in [0.3, 0.4) is 0 Å². The van der Waals surface area contributed by atoms with Gasteiger partial charge in [-0.1, -0.05) is 13.8 Å². The van der Waals surface area contributed by atoms with Gasteiger partial charge in [-0.2, -0.15) is 0 Å². The first-order valence-electron chi connectivity index (χ1n) is 3.57. The van der Waals surface area contributed by atoms with Gasteiger partial charge >= 0.3 is 0 Å². The molecule has 0 aromatic rings. The van der Waals surface area contributed by atoms with Gasteiger partial charge in [-0.15, -0.1) is 24.8 Å². The van der Waals surface area contributed by atoms with Crippen molar-refractivity contribution in [1.29, 1.82) is 0 Å². The summed E-state index contributed by atoms with van der Waals surface area (Å²) in [6.07, 6.45) is 1.97. The van der Waals surface area contributed by atoms with Gasteiger partial charge in [0.25, 0.3) is 0 Å². The van der Waals surface area contributed by atoms with Crippen molar-refractivity contribution in [1.82, 2.24) is 11.0 Å². The largest absolute Gasteiger partial charge is 0.317 e. The summed E-state index contributed by atoms with van der Waals surface area (Å²) in [5.74, 6) is 0. The van der Waals surface area contributed by atoms with E-state index in [4.69, 9.17) is 10.4 Å². The minimum Gasteiger partial charge on any atom is -0.317 e. The lowest BCUT2D eigenvalue weighted by atomic mass is 10.5. The van der Waals surface area contributed by atoms with Crippen molar-refractivity contribution in [2.45, 2.75) is 26.7 Å². The summed E-state index contributed by atoms with van der Waals surface area (Å²) in [5, 5.41) is 15.6. The molecule has 0 radical (unpaired) electrons. The first kappa shape index (κ1) is 22.8. The highest BCUT2D eigenvalue weighted by Crippen LogP contribution is 1.62. The van der Waals surface area contributed by atoms with Crippen LogP contribution in [0.1, 0.15) is 26.7 Å². The van der Waals surface area contributed by atoms with Crippen molar-refractivity contribution in [3.63, 3.8) is 0 Å². The lowest BCUT2D eigenvalue weighted by Crippen LogP contribution is -2.06. The molecule has 0 rings (SSSR count). The van der Waals surface area contributed by atoms with Crippen LogP contribution in [-0.4, -0.2) is 23.5 Å². The van der Waals surface area contributed by atoms with E-state index in [1.165, 1.54) is 0 Å². The van der Waals surface area contributed by atoms with Gasteiger partial charge in [-0.25, -0.2) is 11.0 Å². The Hall–Kier alpha value is 0.420. The average Bonchev–Trinajstić information content (AvgIpc) is 1.93. The molecule has 4 nitrogen and oxygen atoms in total. The van der Waals surface area contributed by atoms with E-state index < -0.39 is 0 Å². The van der Waals surface area contributed by atoms with E-state index in [-0.39, 0.29) is 24.8 Å². The fourth-order valence-electron chi connectivity index (χ4n) is 0.224. The third kappa shape index (κ3) is 47.3. The molecule has 0 aliphatic rings. The summed E-state index contributed by atoms with van der Waals surface area (Å²) < 4.78 is 0. The monoisotopic (exact) mass is 222 g/mol. The van der Waals surface area contributed by atoms with Crippen molar-refractivity contribution >= 4 is 24.8 Å². The number of rotatable bonds is 4. The Bertz CT molecular complexity index is 42.5. The minimum atomic E-state index is 0. The predicted molar refractivity (Wildman–Crippen MR) is 54.7 cm³/mol. The Labute approximate surface area is 86.5 Å². The molecule has 0 unspecified atom stereocenters. The van der Waals surface area contributed by atoms with E-state index in [0.717, 1.165) is 12.8 Å². The number of hydrogen-bond acceptors (Lipinski definition) is 4. The van der Waals surface area contributed by atoms with Crippen LogP contribution in [-0.2, 0) is 0 Å². The SMILES string of the molecule is CCCNO.CCCNO.Cl.Cl. The van der Waals surface area contributed by atoms with Crippen LogP contribution in [0, 0.1) is 0 Å². The molecule has 0 spiro atoms. The van der Waals surface area contributed by atoms with E-state index in [9.17, 15) is 0 Å². The van der Waals surface area contributed by atoms with Crippen LogP contribution in [0.2, 0.25) is 0 Å². The summed E-state index contributed by atoms with van der Waals surface area (Å²) in [6, 6.07) is 0. The first-order valence-corrected chi connectivity index (χ1v) is 3.57. The molecule has 0 amide bonds. The third-order valence-corrected chi connectivity index (χ3v) is 0.724. The Balaban J connectivity index is -0.0000000457. The second kappa shape index (κ2) is 30.1. The zero-order valence-electron chi connectivity index (χ0n) is 7.54. The van der Waals surface area contributed by atoms with Crippen LogP contribution in [0.5, 0.6) is 0 Å². The molecule has 12 heavy (non-hydrogen) atoms. The van der Waals surface area contributed by atoms with E-state index in [0.29, 0.717) is 13.1 Å². The van der Waals surface area contributed by atoms with Crippen LogP contribution >= 0.6 is 24.8 Å². The number of nitrogens with one attached hydrogen (secondary N) is 2. The molecule has 0 aromatic carbocycles. The molecule has 0 fully saturated rings. The molecule has 0 aromatic heterocycles. The fraction of sp³-hybridized carbons (Fsp3) is 1.00. The van der Waals surface area contributed by atoms with Crippen LogP contribution in [0.4, 0.5) is 0 Å². The molecule has 0 heterocycles. The maximum absolute atomic E-state index is 7.82. The summed E-state index contributed by atoms with van der Waals surface area (Å²) in [6.45, 7) is 5.37. The maximum Gasteiger partial charge on any atom is 0.0204 e. The summed E-state index contributed by atoms with van der Waals surface area (Å²) >= 11 is 0. The molecule has 6 heteroatoms. The van der Waals surface area contributed by atoms with Gasteiger partial charge in [0, 0.05) is 13.1 Å². The second-order valence-electron chi connectivity index (χ2n) is 1.82. The Morgan fingerprint density at radius 3 is 1.08 bits per heavy atom. The predicted octanol–water partition coefficient (Wildman–Crippen LogP) is 1.59. The topological polar surface area (TPSA) is 64.5 Å². The number of halogens is 2. The zero-order valence-corrected chi connectivity index (χ0v) is 9.17. The fourth-order valence-corrected chi connectivity index (χ4v) is 0.224. The van der Waals surface area contributed by atoms with Gasteiger partial charge < -0.3 is 10.4 Å². The van der Waals surface area contributed by atoms with Crippen LogP contribution < -0.4 is 11.0 Å². The minimum absolute atomic E-state index is 0. The summed E-state index contributed by atoms with van der Waals surface area (Å²) in [7, 11) is 0. The van der Waals surface area contributed by atoms with E-state index >= 15 is 0 Å². The van der Waals surface area contributed by atoms with Crippen molar-refractivity contribution in [3.8, 4) is 0 Å². The zero-order chi connectivity index (χ0) is 8.24. The van der Waals surface area contributed by atoms with E-state index in [1.54, 1.807) is 0 Å². The second-order valence-corrected chi connectivity index (χ2v) is 1.82. The standard InChI is InChI=1S/2C3H9NO.2ClH/c2*1-2-3-4-5;;/h2*4-5H,2-3H2,1H3;2*1H. The van der Waals surface area contributed by atoms with Crippen molar-refractivity contribution in [3.05, 3.63) is 0 Å². The Kier molecular flexibility index (Phi) is 57.3. The van der Waals surface area contributed by atoms with Crippen molar-refractivity contribution < 1.29 is 10.4 Å².